The maximum absolute atomic E-state index is 12.9. The van der Waals surface area contributed by atoms with E-state index >= 15 is 0 Å². The standard InChI is InChI=1S/C19H32N2O2/c20-18-14-2-1-3-15(18)11-16(10-14)19(22)21-8-6-17(7-9-21)23-12-13-4-5-13/h13-18H,1-12,20H2. The van der Waals surface area contributed by atoms with Gasteiger partial charge < -0.3 is 15.4 Å². The number of fused-ring (bicyclic) bond motifs is 2. The van der Waals surface area contributed by atoms with E-state index in [4.69, 9.17) is 10.5 Å². The Balaban J connectivity index is 1.26. The number of hydrogen-bond acceptors (Lipinski definition) is 3. The molecular weight excluding hydrogens is 288 g/mol. The SMILES string of the molecule is NC1C2CCCC1CC(C(=O)N1CCC(OCC3CC3)CC1)C2. The topological polar surface area (TPSA) is 55.6 Å². The van der Waals surface area contributed by atoms with Crippen molar-refractivity contribution in [2.24, 2.45) is 29.4 Å². The molecule has 2 N–H and O–H groups in total. The fourth-order valence-electron chi connectivity index (χ4n) is 5.05. The fourth-order valence-corrected chi connectivity index (χ4v) is 5.05. The van der Waals surface area contributed by atoms with Crippen molar-refractivity contribution in [1.82, 2.24) is 4.90 Å². The monoisotopic (exact) mass is 320 g/mol. The second-order valence-corrected chi connectivity index (χ2v) is 8.50. The van der Waals surface area contributed by atoms with Crippen LogP contribution in [0.25, 0.3) is 0 Å². The molecule has 4 rings (SSSR count). The molecule has 0 aromatic rings. The van der Waals surface area contributed by atoms with Crippen molar-refractivity contribution in [3.8, 4) is 0 Å². The van der Waals surface area contributed by atoms with E-state index in [2.05, 4.69) is 4.90 Å². The molecule has 2 atom stereocenters. The Bertz CT molecular complexity index is 415. The van der Waals surface area contributed by atoms with E-state index in [1.54, 1.807) is 0 Å². The van der Waals surface area contributed by atoms with E-state index in [9.17, 15) is 4.79 Å². The molecule has 4 heteroatoms. The summed E-state index contributed by atoms with van der Waals surface area (Å²) in [6.07, 6.45) is 11.0. The molecule has 23 heavy (non-hydrogen) atoms. The van der Waals surface area contributed by atoms with E-state index in [-0.39, 0.29) is 5.92 Å². The molecule has 130 valence electrons. The first kappa shape index (κ1) is 15.9. The third-order valence-corrected chi connectivity index (χ3v) is 6.78. The Labute approximate surface area is 140 Å². The van der Waals surface area contributed by atoms with Gasteiger partial charge in [0.1, 0.15) is 0 Å². The van der Waals surface area contributed by atoms with Gasteiger partial charge in [0, 0.05) is 31.7 Å². The first-order valence-corrected chi connectivity index (χ1v) is 9.86. The highest BCUT2D eigenvalue weighted by molar-refractivity contribution is 5.79. The van der Waals surface area contributed by atoms with Crippen LogP contribution >= 0.6 is 0 Å². The predicted molar refractivity (Wildman–Crippen MR) is 89.8 cm³/mol. The van der Waals surface area contributed by atoms with Gasteiger partial charge in [-0.05, 0) is 69.1 Å². The normalized spacial score (nSPS) is 38.6. The third kappa shape index (κ3) is 3.58. The number of nitrogens with zero attached hydrogens (tertiary/aromatic N) is 1. The summed E-state index contributed by atoms with van der Waals surface area (Å²) < 4.78 is 6.00. The summed E-state index contributed by atoms with van der Waals surface area (Å²) in [7, 11) is 0. The number of nitrogens with two attached hydrogens (primary N) is 1. The lowest BCUT2D eigenvalue weighted by Gasteiger charge is -2.45. The van der Waals surface area contributed by atoms with Crippen LogP contribution in [0.4, 0.5) is 0 Å². The van der Waals surface area contributed by atoms with Crippen LogP contribution in [0, 0.1) is 23.7 Å². The van der Waals surface area contributed by atoms with E-state index in [1.807, 2.05) is 0 Å². The Morgan fingerprint density at radius 1 is 1.00 bits per heavy atom. The van der Waals surface area contributed by atoms with Crippen molar-refractivity contribution in [3.05, 3.63) is 0 Å². The second-order valence-electron chi connectivity index (χ2n) is 8.50. The molecule has 0 aromatic carbocycles. The lowest BCUT2D eigenvalue weighted by atomic mass is 9.65. The van der Waals surface area contributed by atoms with Crippen molar-refractivity contribution in [1.29, 1.82) is 0 Å². The molecule has 2 bridgehead atoms. The van der Waals surface area contributed by atoms with E-state index in [1.165, 1.54) is 32.1 Å². The van der Waals surface area contributed by atoms with E-state index < -0.39 is 0 Å². The largest absolute Gasteiger partial charge is 0.378 e. The highest BCUT2D eigenvalue weighted by atomic mass is 16.5. The number of amides is 1. The lowest BCUT2D eigenvalue weighted by Crippen LogP contribution is -2.51. The molecule has 2 unspecified atom stereocenters. The van der Waals surface area contributed by atoms with Crippen LogP contribution in [0.15, 0.2) is 0 Å². The molecule has 4 fully saturated rings. The maximum Gasteiger partial charge on any atom is 0.225 e. The zero-order valence-corrected chi connectivity index (χ0v) is 14.3. The molecule has 0 spiro atoms. The number of likely N-dealkylation sites (tertiary alicyclic amines) is 1. The molecule has 0 radical (unpaired) electrons. The zero-order chi connectivity index (χ0) is 15.8. The average molecular weight is 320 g/mol. The van der Waals surface area contributed by atoms with Crippen molar-refractivity contribution >= 4 is 5.91 Å². The summed E-state index contributed by atoms with van der Waals surface area (Å²) in [6.45, 7) is 2.74. The summed E-state index contributed by atoms with van der Waals surface area (Å²) in [5.74, 6) is 2.68. The highest BCUT2D eigenvalue weighted by Crippen LogP contribution is 2.42. The van der Waals surface area contributed by atoms with Crippen molar-refractivity contribution < 1.29 is 9.53 Å². The summed E-state index contributed by atoms with van der Waals surface area (Å²) in [6, 6.07) is 0.356. The van der Waals surface area contributed by atoms with Gasteiger partial charge in [-0.25, -0.2) is 0 Å². The predicted octanol–water partition coefficient (Wildman–Crippen LogP) is 2.56. The zero-order valence-electron chi connectivity index (χ0n) is 14.3. The van der Waals surface area contributed by atoms with Crippen LogP contribution in [0.2, 0.25) is 0 Å². The summed E-state index contributed by atoms with van der Waals surface area (Å²) >= 11 is 0. The molecule has 1 heterocycles. The minimum Gasteiger partial charge on any atom is -0.378 e. The quantitative estimate of drug-likeness (QED) is 0.866. The number of ether oxygens (including phenoxy) is 1. The highest BCUT2D eigenvalue weighted by Gasteiger charge is 2.42. The first-order chi connectivity index (χ1) is 11.2. The van der Waals surface area contributed by atoms with Crippen LogP contribution in [-0.2, 0) is 9.53 Å². The number of rotatable bonds is 4. The van der Waals surface area contributed by atoms with Crippen molar-refractivity contribution in [3.63, 3.8) is 0 Å². The average Bonchev–Trinajstić information content (AvgIpc) is 3.37. The minimum absolute atomic E-state index is 0.244. The van der Waals surface area contributed by atoms with E-state index in [0.29, 0.717) is 29.9 Å². The number of piperidine rings is 1. The van der Waals surface area contributed by atoms with Gasteiger partial charge in [0.25, 0.3) is 0 Å². The van der Waals surface area contributed by atoms with Gasteiger partial charge in [-0.15, -0.1) is 0 Å². The van der Waals surface area contributed by atoms with Crippen molar-refractivity contribution in [2.45, 2.75) is 69.9 Å². The Kier molecular flexibility index (Phi) is 4.64. The number of hydrogen-bond donors (Lipinski definition) is 1. The van der Waals surface area contributed by atoms with Gasteiger partial charge in [-0.3, -0.25) is 4.79 Å². The van der Waals surface area contributed by atoms with Gasteiger partial charge >= 0.3 is 0 Å². The Hall–Kier alpha value is -0.610. The number of carbonyl (C=O) groups excluding carboxylic acids is 1. The maximum atomic E-state index is 12.9. The Morgan fingerprint density at radius 2 is 1.65 bits per heavy atom. The van der Waals surface area contributed by atoms with Crippen LogP contribution in [0.1, 0.15) is 57.8 Å². The molecule has 1 aliphatic heterocycles. The first-order valence-electron chi connectivity index (χ1n) is 9.86. The second kappa shape index (κ2) is 6.72. The van der Waals surface area contributed by atoms with Gasteiger partial charge in [-0.1, -0.05) is 6.42 Å². The molecule has 3 aliphatic carbocycles. The van der Waals surface area contributed by atoms with E-state index in [0.717, 1.165) is 51.3 Å². The smallest absolute Gasteiger partial charge is 0.225 e. The minimum atomic E-state index is 0.244. The molecule has 1 saturated heterocycles. The van der Waals surface area contributed by atoms with Gasteiger partial charge in [0.15, 0.2) is 0 Å². The van der Waals surface area contributed by atoms with Crippen molar-refractivity contribution in [2.75, 3.05) is 19.7 Å². The van der Waals surface area contributed by atoms with Gasteiger partial charge in [0.2, 0.25) is 5.91 Å². The lowest BCUT2D eigenvalue weighted by molar-refractivity contribution is -0.141. The Morgan fingerprint density at radius 3 is 2.26 bits per heavy atom. The van der Waals surface area contributed by atoms with Gasteiger partial charge in [0.05, 0.1) is 6.10 Å². The van der Waals surface area contributed by atoms with Gasteiger partial charge in [-0.2, -0.15) is 0 Å². The van der Waals surface area contributed by atoms with Crippen LogP contribution < -0.4 is 5.73 Å². The number of carbonyl (C=O) groups is 1. The summed E-state index contributed by atoms with van der Waals surface area (Å²) in [4.78, 5) is 15.0. The van der Waals surface area contributed by atoms with Crippen LogP contribution in [-0.4, -0.2) is 42.6 Å². The summed E-state index contributed by atoms with van der Waals surface area (Å²) in [5, 5.41) is 0. The molecule has 0 aromatic heterocycles. The summed E-state index contributed by atoms with van der Waals surface area (Å²) in [5.41, 5.74) is 6.36. The molecule has 4 aliphatic rings. The molecular formula is C19H32N2O2. The molecule has 4 nitrogen and oxygen atoms in total. The molecule has 3 saturated carbocycles. The fraction of sp³-hybridized carbons (Fsp3) is 0.947. The van der Waals surface area contributed by atoms with Crippen LogP contribution in [0.5, 0.6) is 0 Å². The third-order valence-electron chi connectivity index (χ3n) is 6.78. The molecule has 1 amide bonds. The van der Waals surface area contributed by atoms with Crippen LogP contribution in [0.3, 0.4) is 0 Å².